The normalized spacial score (nSPS) is 19.1. The summed E-state index contributed by atoms with van der Waals surface area (Å²) < 4.78 is 0. The third-order valence-corrected chi connectivity index (χ3v) is 6.43. The molecule has 7 heteroatoms. The maximum Gasteiger partial charge on any atom is 0.317 e. The van der Waals surface area contributed by atoms with Crippen molar-refractivity contribution in [1.29, 1.82) is 0 Å². The fourth-order valence-corrected chi connectivity index (χ4v) is 5.10. The summed E-state index contributed by atoms with van der Waals surface area (Å²) >= 11 is 2.70. The van der Waals surface area contributed by atoms with E-state index in [0.29, 0.717) is 22.9 Å². The third kappa shape index (κ3) is 2.79. The summed E-state index contributed by atoms with van der Waals surface area (Å²) in [5.74, 6) is -0.237. The minimum atomic E-state index is -0.880. The molecule has 3 rings (SSSR count). The molecule has 0 radical (unpaired) electrons. The van der Waals surface area contributed by atoms with Crippen LogP contribution in [0.4, 0.5) is 0 Å². The molecule has 2 N–H and O–H groups in total. The lowest BCUT2D eigenvalue weighted by Crippen LogP contribution is -2.17. The smallest absolute Gasteiger partial charge is 0.317 e. The summed E-state index contributed by atoms with van der Waals surface area (Å²) in [5.41, 5.74) is 1.01. The molecule has 0 bridgehead atoms. The van der Waals surface area contributed by atoms with Crippen molar-refractivity contribution in [3.63, 3.8) is 0 Å². The van der Waals surface area contributed by atoms with Crippen LogP contribution in [0.15, 0.2) is 9.95 Å². The van der Waals surface area contributed by atoms with Crippen LogP contribution in [0.25, 0.3) is 10.2 Å². The molecule has 22 heavy (non-hydrogen) atoms. The predicted molar refractivity (Wildman–Crippen MR) is 89.0 cm³/mol. The second-order valence-electron chi connectivity index (χ2n) is 5.76. The van der Waals surface area contributed by atoms with E-state index >= 15 is 0 Å². The first kappa shape index (κ1) is 15.6. The molecule has 1 aliphatic rings. The van der Waals surface area contributed by atoms with Crippen molar-refractivity contribution in [1.82, 2.24) is 9.97 Å². The van der Waals surface area contributed by atoms with Gasteiger partial charge in [0.05, 0.1) is 5.39 Å². The number of thioether (sulfide) groups is 1. The van der Waals surface area contributed by atoms with Gasteiger partial charge in [0.15, 0.2) is 5.16 Å². The van der Waals surface area contributed by atoms with Gasteiger partial charge in [-0.15, -0.1) is 11.3 Å². The largest absolute Gasteiger partial charge is 0.480 e. The van der Waals surface area contributed by atoms with Crippen molar-refractivity contribution in [3.8, 4) is 0 Å². The first-order valence-electron chi connectivity index (χ1n) is 7.43. The number of fused-ring (bicyclic) bond motifs is 3. The van der Waals surface area contributed by atoms with Gasteiger partial charge in [0.1, 0.15) is 10.1 Å². The standard InChI is InChI=1S/C15H18N2O3S2/c1-3-9(14(19)20)22-15-16-12(18)11-8-5-4-7(2)6-10(8)21-13(11)17-15/h7,9H,3-6H2,1-2H3,(H,19,20)(H,16,17,18). The van der Waals surface area contributed by atoms with Gasteiger partial charge in [-0.25, -0.2) is 4.98 Å². The molecule has 2 aromatic heterocycles. The molecule has 0 amide bonds. The van der Waals surface area contributed by atoms with Gasteiger partial charge in [-0.1, -0.05) is 25.6 Å². The van der Waals surface area contributed by atoms with Crippen LogP contribution in [0.5, 0.6) is 0 Å². The SMILES string of the molecule is CCC(Sc1nc2sc3c(c2c(=O)[nH]1)CCC(C)C3)C(=O)O. The minimum Gasteiger partial charge on any atom is -0.480 e. The highest BCUT2D eigenvalue weighted by Gasteiger charge is 2.24. The predicted octanol–water partition coefficient (Wildman–Crippen LogP) is 3.06. The van der Waals surface area contributed by atoms with Crippen LogP contribution in [-0.4, -0.2) is 26.3 Å². The van der Waals surface area contributed by atoms with E-state index < -0.39 is 11.2 Å². The summed E-state index contributed by atoms with van der Waals surface area (Å²) in [6, 6.07) is 0. The van der Waals surface area contributed by atoms with Gasteiger partial charge in [-0.2, -0.15) is 0 Å². The fourth-order valence-electron chi connectivity index (χ4n) is 2.83. The van der Waals surface area contributed by atoms with Gasteiger partial charge < -0.3 is 10.1 Å². The summed E-state index contributed by atoms with van der Waals surface area (Å²) in [6.45, 7) is 4.04. The molecule has 0 fully saturated rings. The van der Waals surface area contributed by atoms with Gasteiger partial charge >= 0.3 is 5.97 Å². The molecule has 2 atom stereocenters. The number of carboxylic acid groups (broad SMARTS) is 1. The van der Waals surface area contributed by atoms with E-state index in [2.05, 4.69) is 16.9 Å². The second kappa shape index (κ2) is 6.04. The van der Waals surface area contributed by atoms with Gasteiger partial charge in [0.2, 0.25) is 0 Å². The number of aromatic amines is 1. The Morgan fingerprint density at radius 2 is 2.36 bits per heavy atom. The lowest BCUT2D eigenvalue weighted by molar-refractivity contribution is -0.136. The lowest BCUT2D eigenvalue weighted by atomic mass is 9.89. The van der Waals surface area contributed by atoms with Crippen molar-refractivity contribution in [2.24, 2.45) is 5.92 Å². The van der Waals surface area contributed by atoms with Crippen molar-refractivity contribution in [2.75, 3.05) is 0 Å². The van der Waals surface area contributed by atoms with Crippen molar-refractivity contribution >= 4 is 39.3 Å². The van der Waals surface area contributed by atoms with E-state index in [9.17, 15) is 9.59 Å². The maximum atomic E-state index is 12.4. The molecule has 0 aromatic carbocycles. The number of aromatic nitrogens is 2. The number of hydrogen-bond acceptors (Lipinski definition) is 5. The Hall–Kier alpha value is -1.34. The number of carbonyl (C=O) groups is 1. The van der Waals surface area contributed by atoms with E-state index in [0.717, 1.165) is 41.4 Å². The summed E-state index contributed by atoms with van der Waals surface area (Å²) in [4.78, 5) is 32.8. The van der Waals surface area contributed by atoms with Crippen LogP contribution in [0, 0.1) is 5.92 Å². The number of nitrogens with zero attached hydrogens (tertiary/aromatic N) is 1. The van der Waals surface area contributed by atoms with E-state index in [1.807, 2.05) is 6.92 Å². The van der Waals surface area contributed by atoms with Crippen LogP contribution in [0.1, 0.15) is 37.1 Å². The Labute approximate surface area is 136 Å². The highest BCUT2D eigenvalue weighted by molar-refractivity contribution is 8.00. The molecule has 2 heterocycles. The van der Waals surface area contributed by atoms with Gasteiger partial charge in [-0.05, 0) is 37.2 Å². The Balaban J connectivity index is 2.02. The highest BCUT2D eigenvalue weighted by atomic mass is 32.2. The Kier molecular flexibility index (Phi) is 4.27. The average molecular weight is 338 g/mol. The number of aryl methyl sites for hydroxylation is 1. The van der Waals surface area contributed by atoms with Crippen molar-refractivity contribution < 1.29 is 9.90 Å². The Morgan fingerprint density at radius 3 is 3.05 bits per heavy atom. The molecular formula is C15H18N2O3S2. The van der Waals surface area contributed by atoms with Gasteiger partial charge in [0.25, 0.3) is 5.56 Å². The number of thiophene rings is 1. The van der Waals surface area contributed by atoms with Gasteiger partial charge in [0, 0.05) is 4.88 Å². The first-order chi connectivity index (χ1) is 10.5. The second-order valence-corrected chi connectivity index (χ2v) is 8.03. The minimum absolute atomic E-state index is 0.139. The molecule has 2 aromatic rings. The van der Waals surface area contributed by atoms with Crippen LogP contribution in [-0.2, 0) is 17.6 Å². The molecule has 0 saturated carbocycles. The van der Waals surface area contributed by atoms with Crippen LogP contribution >= 0.6 is 23.1 Å². The van der Waals surface area contributed by atoms with E-state index in [-0.39, 0.29) is 5.56 Å². The number of nitrogens with one attached hydrogen (secondary N) is 1. The number of aliphatic carboxylic acids is 1. The molecular weight excluding hydrogens is 320 g/mol. The number of H-pyrrole nitrogens is 1. The lowest BCUT2D eigenvalue weighted by Gasteiger charge is -2.17. The number of hydrogen-bond donors (Lipinski definition) is 2. The van der Waals surface area contributed by atoms with Crippen LogP contribution in [0.3, 0.4) is 0 Å². The van der Waals surface area contributed by atoms with Crippen LogP contribution < -0.4 is 5.56 Å². The van der Waals surface area contributed by atoms with Crippen molar-refractivity contribution in [3.05, 3.63) is 20.8 Å². The first-order valence-corrected chi connectivity index (χ1v) is 9.13. The van der Waals surface area contributed by atoms with E-state index in [1.54, 1.807) is 11.3 Å². The molecule has 0 aliphatic heterocycles. The topological polar surface area (TPSA) is 83.0 Å². The molecule has 2 unspecified atom stereocenters. The molecule has 1 aliphatic carbocycles. The molecule has 0 spiro atoms. The van der Waals surface area contributed by atoms with Crippen LogP contribution in [0.2, 0.25) is 0 Å². The fraction of sp³-hybridized carbons (Fsp3) is 0.533. The van der Waals surface area contributed by atoms with Gasteiger partial charge in [-0.3, -0.25) is 9.59 Å². The molecule has 118 valence electrons. The number of carboxylic acids is 1. The average Bonchev–Trinajstić information content (AvgIpc) is 2.81. The van der Waals surface area contributed by atoms with E-state index in [4.69, 9.17) is 5.11 Å². The summed E-state index contributed by atoms with van der Waals surface area (Å²) in [5, 5.41) is 9.66. The quantitative estimate of drug-likeness (QED) is 0.661. The highest BCUT2D eigenvalue weighted by Crippen LogP contribution is 2.36. The summed E-state index contributed by atoms with van der Waals surface area (Å²) in [7, 11) is 0. The summed E-state index contributed by atoms with van der Waals surface area (Å²) in [6.07, 6.45) is 3.53. The Morgan fingerprint density at radius 1 is 1.59 bits per heavy atom. The zero-order chi connectivity index (χ0) is 15.9. The van der Waals surface area contributed by atoms with Crippen molar-refractivity contribution in [2.45, 2.75) is 49.9 Å². The maximum absolute atomic E-state index is 12.4. The monoisotopic (exact) mass is 338 g/mol. The molecule has 5 nitrogen and oxygen atoms in total. The molecule has 0 saturated heterocycles. The zero-order valence-electron chi connectivity index (χ0n) is 12.5. The third-order valence-electron chi connectivity index (χ3n) is 4.04. The zero-order valence-corrected chi connectivity index (χ0v) is 14.1. The van der Waals surface area contributed by atoms with E-state index in [1.165, 1.54) is 4.88 Å². The Bertz CT molecular complexity index is 781. The number of rotatable bonds is 4.